The molecule has 256 valence electrons. The third-order valence-corrected chi connectivity index (χ3v) is 12.7. The van der Waals surface area contributed by atoms with E-state index in [1.165, 1.54) is 12.1 Å². The van der Waals surface area contributed by atoms with E-state index < -0.39 is 58.5 Å². The summed E-state index contributed by atoms with van der Waals surface area (Å²) in [6.45, 7) is -0.718. The van der Waals surface area contributed by atoms with Crippen molar-refractivity contribution in [3.8, 4) is 11.5 Å². The van der Waals surface area contributed by atoms with Crippen LogP contribution in [0.25, 0.3) is 0 Å². The van der Waals surface area contributed by atoms with Gasteiger partial charge in [-0.3, -0.25) is 9.11 Å². The minimum atomic E-state index is -4.77. The highest BCUT2D eigenvalue weighted by atomic mass is 35.5. The van der Waals surface area contributed by atoms with Crippen LogP contribution in [0.5, 0.6) is 11.5 Å². The van der Waals surface area contributed by atoms with Crippen LogP contribution in [0.15, 0.2) is 65.6 Å². The van der Waals surface area contributed by atoms with Gasteiger partial charge in [0.15, 0.2) is 27.0 Å². The van der Waals surface area contributed by atoms with Crippen molar-refractivity contribution in [1.29, 1.82) is 0 Å². The number of halogens is 1. The summed E-state index contributed by atoms with van der Waals surface area (Å²) < 4.78 is 124. The summed E-state index contributed by atoms with van der Waals surface area (Å²) in [6, 6.07) is 16.5. The van der Waals surface area contributed by atoms with E-state index in [4.69, 9.17) is 20.9 Å². The number of anilines is 1. The van der Waals surface area contributed by atoms with Gasteiger partial charge in [-0.1, -0.05) is 48.2 Å². The summed E-state index contributed by atoms with van der Waals surface area (Å²) in [5.41, 5.74) is 2.85. The fraction of sp³-hybridized carbons (Fsp3) is 0.357. The molecule has 47 heavy (non-hydrogen) atoms. The maximum Gasteiger partial charge on any atom is 0.397 e. The number of sulfone groups is 2. The first-order valence-electron chi connectivity index (χ1n) is 14.2. The Morgan fingerprint density at radius 2 is 1.45 bits per heavy atom. The van der Waals surface area contributed by atoms with Crippen LogP contribution in [-0.4, -0.2) is 99.1 Å². The molecule has 0 saturated carbocycles. The number of nitrogens with zero attached hydrogens (tertiary/aromatic N) is 1. The molecule has 19 heteroatoms. The van der Waals surface area contributed by atoms with E-state index in [2.05, 4.69) is 4.18 Å². The molecule has 0 fully saturated rings. The molecule has 0 amide bonds. The molecule has 1 heterocycles. The Labute approximate surface area is 280 Å². The van der Waals surface area contributed by atoms with Gasteiger partial charge >= 0.3 is 10.4 Å². The fourth-order valence-corrected chi connectivity index (χ4v) is 9.17. The normalized spacial score (nSPS) is 14.9. The molecule has 0 aliphatic carbocycles. The number of fused-ring (bicyclic) bond motifs is 2. The number of alkyl halides is 1. The van der Waals surface area contributed by atoms with E-state index >= 15 is 0 Å². The van der Waals surface area contributed by atoms with E-state index in [9.17, 15) is 38.2 Å². The van der Waals surface area contributed by atoms with E-state index in [1.54, 1.807) is 54.4 Å². The lowest BCUT2D eigenvalue weighted by molar-refractivity contribution is 0.284. The maximum absolute atomic E-state index is 12.4. The summed E-state index contributed by atoms with van der Waals surface area (Å²) in [6.07, 6.45) is 0.351. The quantitative estimate of drug-likeness (QED) is 0.0959. The first-order valence-corrected chi connectivity index (χ1v) is 21.2. The number of hydrogen-bond donors (Lipinski definition) is 2. The fourth-order valence-electron chi connectivity index (χ4n) is 5.21. The van der Waals surface area contributed by atoms with Crippen LogP contribution in [-0.2, 0) is 44.4 Å². The third kappa shape index (κ3) is 10.1. The Hall–Kier alpha value is -2.71. The Balaban J connectivity index is 1.65. The average molecular weight is 750 g/mol. The lowest BCUT2D eigenvalue weighted by atomic mass is 9.67. The van der Waals surface area contributed by atoms with Gasteiger partial charge in [0.2, 0.25) is 0 Å². The van der Waals surface area contributed by atoms with Crippen molar-refractivity contribution in [3.63, 3.8) is 0 Å². The molecule has 4 rings (SSSR count). The van der Waals surface area contributed by atoms with Crippen molar-refractivity contribution in [2.24, 2.45) is 0 Å². The predicted molar refractivity (Wildman–Crippen MR) is 181 cm³/mol. The molecular formula is C28H33BClNO12S4. The van der Waals surface area contributed by atoms with E-state index in [-0.39, 0.29) is 34.6 Å². The first kappa shape index (κ1) is 37.1. The lowest BCUT2D eigenvalue weighted by Gasteiger charge is -2.31. The van der Waals surface area contributed by atoms with Crippen molar-refractivity contribution in [2.75, 3.05) is 54.0 Å². The van der Waals surface area contributed by atoms with Crippen LogP contribution in [0.3, 0.4) is 0 Å². The lowest BCUT2D eigenvalue weighted by Crippen LogP contribution is -2.28. The highest BCUT2D eigenvalue weighted by Gasteiger charge is 2.33. The summed E-state index contributed by atoms with van der Waals surface area (Å²) >= 11 is 5.60. The topological polar surface area (TPSA) is 199 Å². The molecule has 1 unspecified atom stereocenters. The molecule has 0 spiro atoms. The molecule has 0 saturated heterocycles. The molecule has 1 aliphatic rings. The van der Waals surface area contributed by atoms with Gasteiger partial charge in [-0.05, 0) is 23.8 Å². The van der Waals surface area contributed by atoms with E-state index in [0.29, 0.717) is 47.5 Å². The second-order valence-corrected chi connectivity index (χ2v) is 18.4. The van der Waals surface area contributed by atoms with Crippen molar-refractivity contribution in [1.82, 2.24) is 0 Å². The van der Waals surface area contributed by atoms with Crippen molar-refractivity contribution in [2.45, 2.75) is 17.1 Å². The molecule has 2 N–H and O–H groups in total. The Kier molecular flexibility index (Phi) is 11.7. The van der Waals surface area contributed by atoms with Crippen LogP contribution in [0.1, 0.15) is 22.6 Å². The molecule has 13 nitrogen and oxygen atoms in total. The van der Waals surface area contributed by atoms with Gasteiger partial charge in [-0.25, -0.2) is 21.0 Å². The highest BCUT2D eigenvalue weighted by molar-refractivity contribution is 7.91. The van der Waals surface area contributed by atoms with Crippen LogP contribution in [0.4, 0.5) is 5.69 Å². The monoisotopic (exact) mass is 749 g/mol. The number of ether oxygens (including phenoxy) is 1. The van der Waals surface area contributed by atoms with Crippen LogP contribution < -0.4 is 15.1 Å². The Bertz CT molecular complexity index is 2060. The van der Waals surface area contributed by atoms with Gasteiger partial charge in [-0.2, -0.15) is 16.8 Å². The molecule has 3 aromatic carbocycles. The first-order chi connectivity index (χ1) is 21.9. The zero-order chi connectivity index (χ0) is 34.6. The van der Waals surface area contributed by atoms with E-state index in [1.807, 2.05) is 6.07 Å². The van der Waals surface area contributed by atoms with Crippen LogP contribution in [0, 0.1) is 0 Å². The molecule has 1 aliphatic heterocycles. The van der Waals surface area contributed by atoms with Gasteiger partial charge in [0.25, 0.3) is 10.1 Å². The van der Waals surface area contributed by atoms with Gasteiger partial charge in [0.1, 0.15) is 11.5 Å². The van der Waals surface area contributed by atoms with Crippen molar-refractivity contribution in [3.05, 3.63) is 77.4 Å². The van der Waals surface area contributed by atoms with E-state index in [0.717, 1.165) is 5.46 Å². The van der Waals surface area contributed by atoms with Crippen LogP contribution >= 0.6 is 11.6 Å². The van der Waals surface area contributed by atoms with Crippen molar-refractivity contribution >= 4 is 70.2 Å². The Morgan fingerprint density at radius 3 is 2.11 bits per heavy atom. The zero-order valence-electron chi connectivity index (χ0n) is 25.1. The van der Waals surface area contributed by atoms with Crippen molar-refractivity contribution < 1.29 is 51.7 Å². The number of rotatable bonds is 16. The van der Waals surface area contributed by atoms with Gasteiger partial charge in [-0.15, -0.1) is 11.6 Å². The summed E-state index contributed by atoms with van der Waals surface area (Å²) in [4.78, 5) is 1.36. The third-order valence-electron chi connectivity index (χ3n) is 7.54. The number of hydrogen-bond acceptors (Lipinski definition) is 11. The largest absolute Gasteiger partial charge is 0.457 e. The molecule has 0 bridgehead atoms. The second kappa shape index (κ2) is 14.8. The minimum Gasteiger partial charge on any atom is -0.457 e. The molecule has 0 aromatic heterocycles. The second-order valence-electron chi connectivity index (χ2n) is 10.9. The molecule has 1 atom stereocenters. The smallest absolute Gasteiger partial charge is 0.397 e. The molecule has 0 radical (unpaired) electrons. The van der Waals surface area contributed by atoms with Gasteiger partial charge in [0.05, 0.1) is 28.8 Å². The average Bonchev–Trinajstić information content (AvgIpc) is 2.97. The SMILES string of the molecule is CN(CCS(=O)(=O)CCOS(=O)(=O)O)c1ccc2c(c1)Oc1cc(BCCS(=O)(=O)CCCl)ccc1C2c1ccccc1S(=O)(=O)O. The standard InChI is InChI=1S/C28H33BClNO12S4/c1-31(12-16-45(34,35)17-13-42-47(39,40)41)21-7-9-23-26(19-21)43-25-18-20(29-10-14-44(32,33)15-11-30)6-8-22(25)28(23)24-4-2-3-5-27(24)46(36,37)38/h2-9,18-19,28-29H,10-17H2,1H3,(H,36,37,38)(H,39,40,41). The predicted octanol–water partition coefficient (Wildman–Crippen LogP) is 2.02. The highest BCUT2D eigenvalue weighted by Crippen LogP contribution is 2.49. The molecule has 3 aromatic rings. The maximum atomic E-state index is 12.4. The number of benzene rings is 3. The summed E-state index contributed by atoms with van der Waals surface area (Å²) in [5.74, 6) is -1.05. The molecular weight excluding hydrogens is 717 g/mol. The summed E-state index contributed by atoms with van der Waals surface area (Å²) in [5, 5.41) is 0. The van der Waals surface area contributed by atoms with Gasteiger partial charge < -0.3 is 9.64 Å². The van der Waals surface area contributed by atoms with Gasteiger partial charge in [0, 0.05) is 54.0 Å². The zero-order valence-corrected chi connectivity index (χ0v) is 29.2. The van der Waals surface area contributed by atoms with Crippen LogP contribution in [0.2, 0.25) is 6.32 Å². The minimum absolute atomic E-state index is 0.00930. The summed E-state index contributed by atoms with van der Waals surface area (Å²) in [7, 11) is -14.4. The Morgan fingerprint density at radius 1 is 0.809 bits per heavy atom.